The minimum absolute atomic E-state index is 0.0847. The fourth-order valence-corrected chi connectivity index (χ4v) is 5.99. The Labute approximate surface area is 251 Å². The lowest BCUT2D eigenvalue weighted by molar-refractivity contribution is 0.0363. The highest BCUT2D eigenvalue weighted by molar-refractivity contribution is 5.98. The summed E-state index contributed by atoms with van der Waals surface area (Å²) in [6.45, 7) is 6.52. The number of halogens is 1. The number of nitrogens with zero attached hydrogens (tertiary/aromatic N) is 7. The molecule has 1 aliphatic rings. The van der Waals surface area contributed by atoms with Crippen LogP contribution >= 0.6 is 0 Å². The van der Waals surface area contributed by atoms with Crippen molar-refractivity contribution in [2.45, 2.75) is 19.5 Å². The van der Waals surface area contributed by atoms with Gasteiger partial charge in [-0.2, -0.15) is 5.10 Å². The number of aromatic hydroxyl groups is 1. The molecule has 3 N–H and O–H groups in total. The third-order valence-corrected chi connectivity index (χ3v) is 8.23. The van der Waals surface area contributed by atoms with Crippen LogP contribution in [0.15, 0.2) is 78.1 Å². The second-order valence-corrected chi connectivity index (χ2v) is 11.0. The number of pyridine rings is 2. The van der Waals surface area contributed by atoms with Crippen LogP contribution in [-0.4, -0.2) is 71.6 Å². The molecular formula is C32H31FN8O3. The standard InChI is InChI=1S/C32H31FN8O3/c1-20(41-32-28(31(34)35-19-36-32)29(37-41)22-14-23(33)17-25(42)15-22)26-18-24-4-2-3-6-40(24)30(26)21-5-7-39(27(43)16-21)9-8-38-10-12-44-13-11-38/h2-7,14-20,42H,8-13H2,1H3,(H2,34,35,36)/t20-/m0/s1. The third-order valence-electron chi connectivity index (χ3n) is 8.23. The average Bonchev–Trinajstić information content (AvgIpc) is 3.61. The van der Waals surface area contributed by atoms with E-state index in [4.69, 9.17) is 15.6 Å². The van der Waals surface area contributed by atoms with E-state index in [0.717, 1.165) is 48.0 Å². The largest absolute Gasteiger partial charge is 0.508 e. The molecule has 6 heterocycles. The zero-order valence-electron chi connectivity index (χ0n) is 24.1. The third kappa shape index (κ3) is 4.97. The van der Waals surface area contributed by atoms with Gasteiger partial charge in [0.05, 0.1) is 30.3 Å². The zero-order chi connectivity index (χ0) is 30.4. The van der Waals surface area contributed by atoms with Crippen LogP contribution in [0.3, 0.4) is 0 Å². The number of rotatable bonds is 7. The Morgan fingerprint density at radius 2 is 1.86 bits per heavy atom. The molecule has 0 aliphatic carbocycles. The summed E-state index contributed by atoms with van der Waals surface area (Å²) in [5, 5.41) is 15.4. The van der Waals surface area contributed by atoms with Gasteiger partial charge >= 0.3 is 0 Å². The van der Waals surface area contributed by atoms with E-state index in [9.17, 15) is 14.3 Å². The Hall–Kier alpha value is -5.07. The fourth-order valence-electron chi connectivity index (χ4n) is 5.99. The van der Waals surface area contributed by atoms with Crippen molar-refractivity contribution >= 4 is 22.4 Å². The average molecular weight is 595 g/mol. The van der Waals surface area contributed by atoms with Crippen molar-refractivity contribution < 1.29 is 14.2 Å². The molecular weight excluding hydrogens is 563 g/mol. The smallest absolute Gasteiger partial charge is 0.251 e. The van der Waals surface area contributed by atoms with Gasteiger partial charge < -0.3 is 24.5 Å². The number of fused-ring (bicyclic) bond motifs is 2. The van der Waals surface area contributed by atoms with Gasteiger partial charge in [0.25, 0.3) is 5.56 Å². The first-order valence-electron chi connectivity index (χ1n) is 14.5. The van der Waals surface area contributed by atoms with E-state index in [1.165, 1.54) is 18.5 Å². The summed E-state index contributed by atoms with van der Waals surface area (Å²) in [6, 6.07) is 15.0. The molecule has 0 bridgehead atoms. The predicted molar refractivity (Wildman–Crippen MR) is 165 cm³/mol. The van der Waals surface area contributed by atoms with Gasteiger partial charge in [-0.25, -0.2) is 19.0 Å². The van der Waals surface area contributed by atoms with E-state index in [-0.39, 0.29) is 23.2 Å². The van der Waals surface area contributed by atoms with Crippen molar-refractivity contribution in [3.05, 3.63) is 95.1 Å². The second-order valence-electron chi connectivity index (χ2n) is 11.0. The molecule has 0 saturated carbocycles. The number of ether oxygens (including phenoxy) is 1. The maximum atomic E-state index is 14.3. The van der Waals surface area contributed by atoms with E-state index in [0.29, 0.717) is 42.0 Å². The first kappa shape index (κ1) is 27.7. The lowest BCUT2D eigenvalue weighted by Gasteiger charge is -2.26. The number of nitrogens with two attached hydrogens (primary N) is 1. The van der Waals surface area contributed by atoms with Crippen molar-refractivity contribution in [3.63, 3.8) is 0 Å². The van der Waals surface area contributed by atoms with E-state index in [1.807, 2.05) is 43.6 Å². The van der Waals surface area contributed by atoms with Crippen LogP contribution < -0.4 is 11.3 Å². The van der Waals surface area contributed by atoms with E-state index >= 15 is 0 Å². The summed E-state index contributed by atoms with van der Waals surface area (Å²) < 4.78 is 25.3. The molecule has 0 unspecified atom stereocenters. The quantitative estimate of drug-likeness (QED) is 0.285. The molecule has 0 spiro atoms. The van der Waals surface area contributed by atoms with Crippen molar-refractivity contribution in [2.75, 3.05) is 38.6 Å². The van der Waals surface area contributed by atoms with E-state index in [1.54, 1.807) is 15.3 Å². The summed E-state index contributed by atoms with van der Waals surface area (Å²) in [4.78, 5) is 24.3. The second kappa shape index (κ2) is 11.2. The number of hydrogen-bond donors (Lipinski definition) is 2. The van der Waals surface area contributed by atoms with Crippen LogP contribution in [0.4, 0.5) is 10.2 Å². The normalized spacial score (nSPS) is 14.9. The molecule has 1 aliphatic heterocycles. The van der Waals surface area contributed by atoms with Crippen LogP contribution in [0, 0.1) is 5.82 Å². The van der Waals surface area contributed by atoms with Gasteiger partial charge in [-0.15, -0.1) is 0 Å². The zero-order valence-corrected chi connectivity index (χ0v) is 24.1. The maximum Gasteiger partial charge on any atom is 0.251 e. The van der Waals surface area contributed by atoms with Gasteiger partial charge in [-0.3, -0.25) is 9.69 Å². The number of anilines is 1. The van der Waals surface area contributed by atoms with Gasteiger partial charge in [-0.05, 0) is 43.3 Å². The van der Waals surface area contributed by atoms with Crippen LogP contribution in [0.25, 0.3) is 39.1 Å². The molecule has 5 aromatic heterocycles. The minimum Gasteiger partial charge on any atom is -0.508 e. The molecule has 1 aromatic carbocycles. The molecule has 1 atom stereocenters. The van der Waals surface area contributed by atoms with E-state index < -0.39 is 5.82 Å². The number of aromatic nitrogens is 6. The summed E-state index contributed by atoms with van der Waals surface area (Å²) >= 11 is 0. The molecule has 44 heavy (non-hydrogen) atoms. The Balaban J connectivity index is 1.32. The van der Waals surface area contributed by atoms with Crippen LogP contribution in [0.1, 0.15) is 18.5 Å². The lowest BCUT2D eigenvalue weighted by atomic mass is 10.0. The summed E-state index contributed by atoms with van der Waals surface area (Å²) in [5.74, 6) is -0.645. The minimum atomic E-state index is -0.605. The topological polar surface area (TPSA) is 129 Å². The lowest BCUT2D eigenvalue weighted by Crippen LogP contribution is -2.39. The van der Waals surface area contributed by atoms with Gasteiger partial charge in [-0.1, -0.05) is 6.07 Å². The van der Waals surface area contributed by atoms with Crippen molar-refractivity contribution in [3.8, 4) is 28.3 Å². The summed E-state index contributed by atoms with van der Waals surface area (Å²) in [7, 11) is 0. The number of benzene rings is 1. The van der Waals surface area contributed by atoms with Gasteiger partial charge in [0, 0.05) is 72.9 Å². The van der Waals surface area contributed by atoms with Crippen molar-refractivity contribution in [1.82, 2.24) is 33.6 Å². The Kier molecular flexibility index (Phi) is 7.07. The summed E-state index contributed by atoms with van der Waals surface area (Å²) in [6.07, 6.45) is 5.18. The molecule has 7 rings (SSSR count). The molecule has 1 fully saturated rings. The summed E-state index contributed by atoms with van der Waals surface area (Å²) in [5.41, 5.74) is 10.8. The highest BCUT2D eigenvalue weighted by atomic mass is 19.1. The number of phenolic OH excluding ortho intramolecular Hbond substituents is 1. The highest BCUT2D eigenvalue weighted by Gasteiger charge is 2.25. The highest BCUT2D eigenvalue weighted by Crippen LogP contribution is 2.38. The Morgan fingerprint density at radius 3 is 2.66 bits per heavy atom. The molecule has 0 radical (unpaired) electrons. The monoisotopic (exact) mass is 594 g/mol. The van der Waals surface area contributed by atoms with Crippen LogP contribution in [-0.2, 0) is 11.3 Å². The number of morpholine rings is 1. The molecule has 224 valence electrons. The van der Waals surface area contributed by atoms with Gasteiger partial charge in [0.15, 0.2) is 5.65 Å². The number of hydrogen-bond acceptors (Lipinski definition) is 8. The number of nitrogen functional groups attached to an aromatic ring is 1. The first-order valence-corrected chi connectivity index (χ1v) is 14.5. The Morgan fingerprint density at radius 1 is 1.02 bits per heavy atom. The molecule has 0 amide bonds. The predicted octanol–water partition coefficient (Wildman–Crippen LogP) is 3.94. The first-order chi connectivity index (χ1) is 21.4. The van der Waals surface area contributed by atoms with Gasteiger partial charge in [0.1, 0.15) is 29.4 Å². The van der Waals surface area contributed by atoms with E-state index in [2.05, 4.69) is 25.3 Å². The Bertz CT molecular complexity index is 2040. The SMILES string of the molecule is C[C@@H](c1cc2ccccn2c1-c1ccn(CCN2CCOCC2)c(=O)c1)n1nc(-c2cc(O)cc(F)c2)c2c(N)ncnc21. The maximum absolute atomic E-state index is 14.3. The van der Waals surface area contributed by atoms with Crippen LogP contribution in [0.5, 0.6) is 5.75 Å². The van der Waals surface area contributed by atoms with Gasteiger partial charge in [0.2, 0.25) is 0 Å². The van der Waals surface area contributed by atoms with Crippen LogP contribution in [0.2, 0.25) is 0 Å². The molecule has 6 aromatic rings. The molecule has 1 saturated heterocycles. The fraction of sp³-hybridized carbons (Fsp3) is 0.250. The van der Waals surface area contributed by atoms with Crippen molar-refractivity contribution in [1.29, 1.82) is 0 Å². The number of phenols is 1. The molecule has 12 heteroatoms. The molecule has 11 nitrogen and oxygen atoms in total. The van der Waals surface area contributed by atoms with Crippen molar-refractivity contribution in [2.24, 2.45) is 0 Å².